The van der Waals surface area contributed by atoms with Crippen LogP contribution in [0.15, 0.2) is 22.8 Å². The summed E-state index contributed by atoms with van der Waals surface area (Å²) in [6.45, 7) is 3.98. The van der Waals surface area contributed by atoms with Gasteiger partial charge in [-0.15, -0.1) is 0 Å². The number of carbonyl (C=O) groups is 1. The van der Waals surface area contributed by atoms with Gasteiger partial charge in [-0.25, -0.2) is 0 Å². The third-order valence-corrected chi connectivity index (χ3v) is 3.65. The Labute approximate surface area is 108 Å². The Morgan fingerprint density at radius 1 is 1.56 bits per heavy atom. The molecular formula is C14H23N2O2+. The maximum atomic E-state index is 11.6. The SMILES string of the molecule is C[C@@H]1CCC[C@H]([NH2+]CCNC(=O)c2ccco2)C1. The highest BCUT2D eigenvalue weighted by Gasteiger charge is 2.20. The van der Waals surface area contributed by atoms with Crippen molar-refractivity contribution < 1.29 is 14.5 Å². The minimum absolute atomic E-state index is 0.120. The molecule has 0 saturated heterocycles. The molecule has 2 atom stereocenters. The summed E-state index contributed by atoms with van der Waals surface area (Å²) in [4.78, 5) is 11.6. The number of carbonyl (C=O) groups excluding carboxylic acids is 1. The molecule has 18 heavy (non-hydrogen) atoms. The topological polar surface area (TPSA) is 58.9 Å². The lowest BCUT2D eigenvalue weighted by Crippen LogP contribution is -2.91. The van der Waals surface area contributed by atoms with Crippen LogP contribution in [0.25, 0.3) is 0 Å². The fourth-order valence-corrected chi connectivity index (χ4v) is 2.69. The summed E-state index contributed by atoms with van der Waals surface area (Å²) in [7, 11) is 0. The van der Waals surface area contributed by atoms with Crippen molar-refractivity contribution in [2.24, 2.45) is 5.92 Å². The predicted octanol–water partition coefficient (Wildman–Crippen LogP) is 1.15. The number of furan rings is 1. The van der Waals surface area contributed by atoms with Crippen LogP contribution in [0.4, 0.5) is 0 Å². The quantitative estimate of drug-likeness (QED) is 0.771. The minimum atomic E-state index is -0.120. The van der Waals surface area contributed by atoms with Crippen molar-refractivity contribution in [3.8, 4) is 0 Å². The number of nitrogens with two attached hydrogens (primary N) is 1. The van der Waals surface area contributed by atoms with Crippen molar-refractivity contribution in [3.63, 3.8) is 0 Å². The molecule has 0 aliphatic heterocycles. The maximum Gasteiger partial charge on any atom is 0.287 e. The van der Waals surface area contributed by atoms with Crippen molar-refractivity contribution in [1.29, 1.82) is 0 Å². The number of quaternary nitrogens is 1. The van der Waals surface area contributed by atoms with Crippen LogP contribution in [0.2, 0.25) is 0 Å². The highest BCUT2D eigenvalue weighted by Crippen LogP contribution is 2.21. The Morgan fingerprint density at radius 2 is 2.44 bits per heavy atom. The molecule has 1 aromatic heterocycles. The van der Waals surface area contributed by atoms with Crippen LogP contribution in [0, 0.1) is 5.92 Å². The first kappa shape index (κ1) is 13.1. The molecule has 0 spiro atoms. The van der Waals surface area contributed by atoms with Crippen LogP contribution < -0.4 is 10.6 Å². The van der Waals surface area contributed by atoms with E-state index in [0.29, 0.717) is 12.3 Å². The number of nitrogens with one attached hydrogen (secondary N) is 1. The predicted molar refractivity (Wildman–Crippen MR) is 69.3 cm³/mol. The van der Waals surface area contributed by atoms with Gasteiger partial charge in [-0.1, -0.05) is 13.3 Å². The highest BCUT2D eigenvalue weighted by molar-refractivity contribution is 5.91. The van der Waals surface area contributed by atoms with Gasteiger partial charge >= 0.3 is 0 Å². The summed E-state index contributed by atoms with van der Waals surface area (Å²) in [5.41, 5.74) is 0. The molecule has 2 rings (SSSR count). The van der Waals surface area contributed by atoms with Crippen LogP contribution in [0.3, 0.4) is 0 Å². The number of amides is 1. The molecule has 1 saturated carbocycles. The van der Waals surface area contributed by atoms with Crippen LogP contribution in [-0.2, 0) is 0 Å². The number of hydrogen-bond acceptors (Lipinski definition) is 2. The second-order valence-electron chi connectivity index (χ2n) is 5.29. The third-order valence-electron chi connectivity index (χ3n) is 3.65. The standard InChI is InChI=1S/C14H22N2O2/c1-11-4-2-5-12(10-11)15-7-8-16-14(17)13-6-3-9-18-13/h3,6,9,11-12,15H,2,4-5,7-8,10H2,1H3,(H,16,17)/p+1/t11-,12+/m1/s1. The molecule has 0 bridgehead atoms. The zero-order valence-corrected chi connectivity index (χ0v) is 11.0. The molecule has 1 fully saturated rings. The van der Waals surface area contributed by atoms with Gasteiger partial charge in [0.05, 0.1) is 25.4 Å². The van der Waals surface area contributed by atoms with E-state index in [1.165, 1.54) is 31.9 Å². The zero-order valence-electron chi connectivity index (χ0n) is 11.0. The van der Waals surface area contributed by atoms with E-state index in [1.807, 2.05) is 0 Å². The number of hydrogen-bond donors (Lipinski definition) is 2. The van der Waals surface area contributed by atoms with E-state index in [4.69, 9.17) is 4.42 Å². The highest BCUT2D eigenvalue weighted by atomic mass is 16.3. The molecule has 4 heteroatoms. The van der Waals surface area contributed by atoms with Gasteiger partial charge in [-0.3, -0.25) is 4.79 Å². The maximum absolute atomic E-state index is 11.6. The first-order valence-corrected chi connectivity index (χ1v) is 6.90. The van der Waals surface area contributed by atoms with Crippen molar-refractivity contribution >= 4 is 5.91 Å². The molecule has 0 radical (unpaired) electrons. The molecule has 4 nitrogen and oxygen atoms in total. The van der Waals surface area contributed by atoms with E-state index >= 15 is 0 Å². The van der Waals surface area contributed by atoms with E-state index in [1.54, 1.807) is 12.1 Å². The van der Waals surface area contributed by atoms with Gasteiger partial charge in [-0.2, -0.15) is 0 Å². The summed E-state index contributed by atoms with van der Waals surface area (Å²) in [6, 6.07) is 4.15. The van der Waals surface area contributed by atoms with Gasteiger partial charge in [0.25, 0.3) is 5.91 Å². The Hall–Kier alpha value is -1.29. The summed E-state index contributed by atoms with van der Waals surface area (Å²) in [6.07, 6.45) is 6.87. The van der Waals surface area contributed by atoms with E-state index in [2.05, 4.69) is 17.6 Å². The van der Waals surface area contributed by atoms with Crippen LogP contribution in [0.5, 0.6) is 0 Å². The van der Waals surface area contributed by atoms with Gasteiger partial charge in [0.1, 0.15) is 0 Å². The third kappa shape index (κ3) is 3.88. The molecule has 0 unspecified atom stereocenters. The second kappa shape index (κ2) is 6.59. The molecule has 3 N–H and O–H groups in total. The average Bonchev–Trinajstić information content (AvgIpc) is 2.88. The first-order valence-electron chi connectivity index (χ1n) is 6.90. The van der Waals surface area contributed by atoms with Crippen LogP contribution in [-0.4, -0.2) is 25.0 Å². The normalized spacial score (nSPS) is 23.8. The average molecular weight is 251 g/mol. The summed E-state index contributed by atoms with van der Waals surface area (Å²) in [5.74, 6) is 1.13. The van der Waals surface area contributed by atoms with Crippen LogP contribution in [0.1, 0.15) is 43.2 Å². The fraction of sp³-hybridized carbons (Fsp3) is 0.643. The first-order chi connectivity index (χ1) is 8.75. The molecular weight excluding hydrogens is 228 g/mol. The molecule has 0 aromatic carbocycles. The molecule has 1 aliphatic rings. The number of rotatable bonds is 5. The summed E-state index contributed by atoms with van der Waals surface area (Å²) >= 11 is 0. The Balaban J connectivity index is 1.60. The van der Waals surface area contributed by atoms with Crippen molar-refractivity contribution in [1.82, 2.24) is 5.32 Å². The summed E-state index contributed by atoms with van der Waals surface area (Å²) in [5, 5.41) is 5.25. The van der Waals surface area contributed by atoms with Gasteiger partial charge < -0.3 is 15.1 Å². The lowest BCUT2D eigenvalue weighted by atomic mass is 9.87. The lowest BCUT2D eigenvalue weighted by molar-refractivity contribution is -0.690. The van der Waals surface area contributed by atoms with Gasteiger partial charge in [0.15, 0.2) is 5.76 Å². The van der Waals surface area contributed by atoms with Gasteiger partial charge in [0, 0.05) is 6.42 Å². The van der Waals surface area contributed by atoms with Gasteiger partial charge in [0.2, 0.25) is 0 Å². The van der Waals surface area contributed by atoms with Crippen LogP contribution >= 0.6 is 0 Å². The lowest BCUT2D eigenvalue weighted by Gasteiger charge is -2.24. The largest absolute Gasteiger partial charge is 0.459 e. The summed E-state index contributed by atoms with van der Waals surface area (Å²) < 4.78 is 5.03. The van der Waals surface area contributed by atoms with Crippen molar-refractivity contribution in [3.05, 3.63) is 24.2 Å². The fourth-order valence-electron chi connectivity index (χ4n) is 2.69. The molecule has 1 heterocycles. The van der Waals surface area contributed by atoms with Crippen molar-refractivity contribution in [2.45, 2.75) is 38.6 Å². The van der Waals surface area contributed by atoms with Crippen molar-refractivity contribution in [2.75, 3.05) is 13.1 Å². The molecule has 1 aromatic rings. The monoisotopic (exact) mass is 251 g/mol. The molecule has 1 aliphatic carbocycles. The molecule has 1 amide bonds. The Bertz CT molecular complexity index is 362. The van der Waals surface area contributed by atoms with E-state index in [-0.39, 0.29) is 5.91 Å². The van der Waals surface area contributed by atoms with E-state index < -0.39 is 0 Å². The smallest absolute Gasteiger partial charge is 0.287 e. The Morgan fingerprint density at radius 3 is 3.17 bits per heavy atom. The van der Waals surface area contributed by atoms with Gasteiger partial charge in [-0.05, 0) is 30.9 Å². The Kier molecular flexibility index (Phi) is 4.81. The minimum Gasteiger partial charge on any atom is -0.459 e. The molecule has 100 valence electrons. The zero-order chi connectivity index (χ0) is 12.8. The van der Waals surface area contributed by atoms with E-state index in [0.717, 1.165) is 18.5 Å². The second-order valence-corrected chi connectivity index (χ2v) is 5.29. The van der Waals surface area contributed by atoms with E-state index in [9.17, 15) is 4.79 Å².